The van der Waals surface area contributed by atoms with Crippen molar-refractivity contribution >= 4 is 77.2 Å². The molecule has 0 saturated heterocycles. The molecule has 0 fully saturated rings. The Morgan fingerprint density at radius 3 is 1.84 bits per heavy atom. The van der Waals surface area contributed by atoms with Gasteiger partial charge in [-0.15, -0.1) is 0 Å². The van der Waals surface area contributed by atoms with Crippen LogP contribution in [0.15, 0.2) is 97.1 Å². The van der Waals surface area contributed by atoms with Crippen LogP contribution in [0, 0.1) is 0 Å². The molecular weight excluding hydrogens is 503 g/mol. The Kier molecular flexibility index (Phi) is 3.77. The van der Waals surface area contributed by atoms with Crippen molar-refractivity contribution in [2.24, 2.45) is 7.05 Å². The molecule has 7 aromatic rings. The van der Waals surface area contributed by atoms with E-state index >= 15 is 0 Å². The van der Waals surface area contributed by atoms with Gasteiger partial charge in [0.25, 0.3) is 0 Å². The van der Waals surface area contributed by atoms with E-state index in [-0.39, 0.29) is 0 Å². The summed E-state index contributed by atoms with van der Waals surface area (Å²) in [5.41, 5.74) is 7.57. The molecule has 32 heavy (non-hydrogen) atoms. The first-order valence-electron chi connectivity index (χ1n) is 10.8. The molecule has 0 aliphatic carbocycles. The maximum atomic E-state index is 2.43. The van der Waals surface area contributed by atoms with Gasteiger partial charge in [-0.1, -0.05) is 54.6 Å². The fourth-order valence-corrected chi connectivity index (χ4v) is 6.01. The maximum absolute atomic E-state index is 2.43. The first-order chi connectivity index (χ1) is 15.7. The van der Waals surface area contributed by atoms with E-state index in [1.54, 1.807) is 0 Å². The van der Waals surface area contributed by atoms with E-state index in [2.05, 4.69) is 134 Å². The summed E-state index contributed by atoms with van der Waals surface area (Å²) >= 11 is 2.43. The van der Waals surface area contributed by atoms with Crippen molar-refractivity contribution in [3.63, 3.8) is 0 Å². The SMILES string of the molecule is Cn1c2ccccc2c2cc(-c3ccc4c(c3)c3cc5ccccc5cc3n4I)ccc21. The van der Waals surface area contributed by atoms with Crippen molar-refractivity contribution in [1.29, 1.82) is 0 Å². The van der Waals surface area contributed by atoms with Crippen molar-refractivity contribution in [3.05, 3.63) is 97.1 Å². The lowest BCUT2D eigenvalue weighted by Crippen LogP contribution is -1.86. The van der Waals surface area contributed by atoms with Gasteiger partial charge in [-0.2, -0.15) is 0 Å². The summed E-state index contributed by atoms with van der Waals surface area (Å²) in [6, 6.07) is 35.6. The van der Waals surface area contributed by atoms with Crippen LogP contribution in [0.4, 0.5) is 0 Å². The Morgan fingerprint density at radius 2 is 1.06 bits per heavy atom. The van der Waals surface area contributed by atoms with Crippen LogP contribution in [-0.4, -0.2) is 7.35 Å². The standard InChI is InChI=1S/C29H19IN2/c1-31-26-9-5-4-8-22(26)23-15-20(10-12-27(23)31)21-11-13-28-24(16-21)25-14-18-6-2-3-7-19(18)17-29(25)32(28)30/h2-17H,1H3. The minimum atomic E-state index is 1.25. The lowest BCUT2D eigenvalue weighted by molar-refractivity contribution is 1.01. The Morgan fingerprint density at radius 1 is 0.500 bits per heavy atom. The second-order valence-corrected chi connectivity index (χ2v) is 9.50. The fraction of sp³-hybridized carbons (Fsp3) is 0.0345. The number of nitrogens with zero attached hydrogens (tertiary/aromatic N) is 2. The summed E-state index contributed by atoms with van der Waals surface area (Å²) in [5, 5.41) is 7.79. The van der Waals surface area contributed by atoms with Gasteiger partial charge in [0.2, 0.25) is 0 Å². The van der Waals surface area contributed by atoms with Crippen molar-refractivity contribution in [2.75, 3.05) is 0 Å². The third kappa shape index (κ3) is 2.46. The van der Waals surface area contributed by atoms with Crippen LogP contribution in [0.25, 0.3) is 65.5 Å². The van der Waals surface area contributed by atoms with E-state index in [1.165, 1.54) is 65.5 Å². The number of aromatic nitrogens is 2. The van der Waals surface area contributed by atoms with Crippen LogP contribution in [0.3, 0.4) is 0 Å². The highest BCUT2D eigenvalue weighted by Crippen LogP contribution is 2.37. The first kappa shape index (κ1) is 18.3. The zero-order valence-electron chi connectivity index (χ0n) is 17.5. The monoisotopic (exact) mass is 522 g/mol. The molecular formula is C29H19IN2. The molecule has 0 unspecified atom stereocenters. The van der Waals surface area contributed by atoms with Gasteiger partial charge in [0, 0.05) is 39.6 Å². The predicted octanol–water partition coefficient (Wildman–Crippen LogP) is 8.46. The largest absolute Gasteiger partial charge is 0.344 e. The Bertz CT molecular complexity index is 1850. The third-order valence-corrected chi connectivity index (χ3v) is 7.86. The number of para-hydroxylation sites is 1. The molecule has 7 rings (SSSR count). The fourth-order valence-electron chi connectivity index (χ4n) is 5.19. The molecule has 0 aliphatic rings. The Balaban J connectivity index is 1.50. The quantitative estimate of drug-likeness (QED) is 0.192. The normalized spacial score (nSPS) is 12.1. The van der Waals surface area contributed by atoms with Crippen molar-refractivity contribution < 1.29 is 0 Å². The molecule has 5 aromatic carbocycles. The van der Waals surface area contributed by atoms with Crippen molar-refractivity contribution in [2.45, 2.75) is 0 Å². The van der Waals surface area contributed by atoms with Gasteiger partial charge in [0.15, 0.2) is 0 Å². The molecule has 152 valence electrons. The van der Waals surface area contributed by atoms with Crippen LogP contribution in [0.2, 0.25) is 0 Å². The summed E-state index contributed by atoms with van der Waals surface area (Å²) in [4.78, 5) is 0. The molecule has 0 N–H and O–H groups in total. The molecule has 0 saturated carbocycles. The number of halogens is 1. The molecule has 2 aromatic heterocycles. The zero-order valence-corrected chi connectivity index (χ0v) is 19.7. The van der Waals surface area contributed by atoms with E-state index in [0.717, 1.165) is 0 Å². The minimum absolute atomic E-state index is 1.25. The lowest BCUT2D eigenvalue weighted by atomic mass is 10.00. The lowest BCUT2D eigenvalue weighted by Gasteiger charge is -2.05. The molecule has 2 heterocycles. The average Bonchev–Trinajstić information content (AvgIpc) is 3.28. The molecule has 0 spiro atoms. The van der Waals surface area contributed by atoms with Crippen molar-refractivity contribution in [1.82, 2.24) is 7.35 Å². The third-order valence-electron chi connectivity index (χ3n) is 6.82. The summed E-state index contributed by atoms with van der Waals surface area (Å²) in [7, 11) is 2.15. The predicted molar refractivity (Wildman–Crippen MR) is 146 cm³/mol. The van der Waals surface area contributed by atoms with Gasteiger partial charge in [0.05, 0.1) is 33.9 Å². The van der Waals surface area contributed by atoms with Gasteiger partial charge < -0.3 is 4.57 Å². The van der Waals surface area contributed by atoms with E-state index in [4.69, 9.17) is 0 Å². The summed E-state index contributed by atoms with van der Waals surface area (Å²) in [6.45, 7) is 0. The minimum Gasteiger partial charge on any atom is -0.344 e. The Hall–Kier alpha value is -3.31. The van der Waals surface area contributed by atoms with Crippen LogP contribution in [-0.2, 0) is 7.05 Å². The van der Waals surface area contributed by atoms with Gasteiger partial charge in [-0.25, -0.2) is 0 Å². The highest BCUT2D eigenvalue weighted by Gasteiger charge is 2.13. The van der Waals surface area contributed by atoms with Crippen LogP contribution in [0.5, 0.6) is 0 Å². The number of rotatable bonds is 1. The van der Waals surface area contributed by atoms with Gasteiger partial charge in [0.1, 0.15) is 0 Å². The smallest absolute Gasteiger partial charge is 0.0646 e. The number of hydrogen-bond donors (Lipinski definition) is 0. The van der Waals surface area contributed by atoms with E-state index in [1.807, 2.05) is 0 Å². The number of fused-ring (bicyclic) bond motifs is 7. The first-order valence-corrected chi connectivity index (χ1v) is 11.8. The molecule has 0 amide bonds. The zero-order chi connectivity index (χ0) is 21.4. The average molecular weight is 522 g/mol. The Labute approximate surface area is 199 Å². The van der Waals surface area contributed by atoms with Gasteiger partial charge >= 0.3 is 0 Å². The summed E-state index contributed by atoms with van der Waals surface area (Å²) in [6.07, 6.45) is 0. The van der Waals surface area contributed by atoms with Gasteiger partial charge in [-0.05, 0) is 64.4 Å². The van der Waals surface area contributed by atoms with Gasteiger partial charge in [-0.3, -0.25) is 2.78 Å². The summed E-state index contributed by atoms with van der Waals surface area (Å²) < 4.78 is 4.57. The highest BCUT2D eigenvalue weighted by molar-refractivity contribution is 14.1. The molecule has 0 aliphatic heterocycles. The molecule has 3 heteroatoms. The molecule has 2 nitrogen and oxygen atoms in total. The molecule has 0 atom stereocenters. The maximum Gasteiger partial charge on any atom is 0.0646 e. The number of aryl methyl sites for hydroxylation is 1. The molecule has 0 bridgehead atoms. The highest BCUT2D eigenvalue weighted by atomic mass is 127. The second kappa shape index (κ2) is 6.59. The van der Waals surface area contributed by atoms with E-state index < -0.39 is 0 Å². The van der Waals surface area contributed by atoms with Crippen LogP contribution in [0.1, 0.15) is 0 Å². The number of benzene rings is 5. The van der Waals surface area contributed by atoms with Crippen LogP contribution >= 0.6 is 22.9 Å². The molecule has 0 radical (unpaired) electrons. The van der Waals surface area contributed by atoms with E-state index in [0.29, 0.717) is 0 Å². The van der Waals surface area contributed by atoms with Crippen LogP contribution < -0.4 is 0 Å². The second-order valence-electron chi connectivity index (χ2n) is 8.54. The van der Waals surface area contributed by atoms with E-state index in [9.17, 15) is 0 Å². The number of hydrogen-bond acceptors (Lipinski definition) is 0. The summed E-state index contributed by atoms with van der Waals surface area (Å²) in [5.74, 6) is 0. The topological polar surface area (TPSA) is 9.86 Å². The van der Waals surface area contributed by atoms with Crippen molar-refractivity contribution in [3.8, 4) is 11.1 Å².